The molecule has 6 unspecified atom stereocenters. The first-order valence-electron chi connectivity index (χ1n) is 22.9. The molecule has 0 aliphatic carbocycles. The highest BCUT2D eigenvalue weighted by Gasteiger charge is 2.24. The van der Waals surface area contributed by atoms with Crippen LogP contribution >= 0.6 is 0 Å². The number of carboxylic acid groups (broad SMARTS) is 3. The van der Waals surface area contributed by atoms with Crippen LogP contribution in [0.1, 0.15) is 12.0 Å². The Hall–Kier alpha value is -5.71. The monoisotopic (exact) mass is 982 g/mol. The van der Waals surface area contributed by atoms with Gasteiger partial charge in [0.15, 0.2) is 0 Å². The highest BCUT2D eigenvalue weighted by molar-refractivity contribution is 5.68. The third-order valence-electron chi connectivity index (χ3n) is 9.63. The number of benzene rings is 4. The van der Waals surface area contributed by atoms with E-state index < -0.39 is 74.4 Å². The SMILES string of the molecule is O=C(O)COCC(O)COC(COCC(=O)O)COC(COCC(=O)O)COC(COc1ccccc1)COC(COc1ccccc1)COC(COCCCc1ccccc1)COc1ccccc1. The van der Waals surface area contributed by atoms with E-state index in [2.05, 4.69) is 12.1 Å². The zero-order valence-electron chi connectivity index (χ0n) is 39.2. The highest BCUT2D eigenvalue weighted by atomic mass is 16.6. The lowest BCUT2D eigenvalue weighted by molar-refractivity contribution is -0.156. The second-order valence-corrected chi connectivity index (χ2v) is 15.7. The van der Waals surface area contributed by atoms with E-state index in [1.165, 1.54) is 5.56 Å². The van der Waals surface area contributed by atoms with E-state index >= 15 is 0 Å². The van der Waals surface area contributed by atoms with Crippen molar-refractivity contribution in [2.45, 2.75) is 49.5 Å². The summed E-state index contributed by atoms with van der Waals surface area (Å²) in [7, 11) is 0. The quantitative estimate of drug-likeness (QED) is 0.0448. The highest BCUT2D eigenvalue weighted by Crippen LogP contribution is 2.15. The summed E-state index contributed by atoms with van der Waals surface area (Å²) in [5, 5.41) is 37.5. The number of para-hydroxylation sites is 3. The first kappa shape index (κ1) is 56.9. The Morgan fingerprint density at radius 2 is 0.686 bits per heavy atom. The van der Waals surface area contributed by atoms with Crippen molar-refractivity contribution in [2.24, 2.45) is 0 Å². The van der Waals surface area contributed by atoms with Crippen LogP contribution in [0.4, 0.5) is 0 Å². The van der Waals surface area contributed by atoms with E-state index in [9.17, 15) is 24.6 Å². The number of aliphatic hydroxyl groups is 1. The molecule has 4 aromatic rings. The number of carbonyl (C=O) groups is 3. The fourth-order valence-corrected chi connectivity index (χ4v) is 6.18. The summed E-state index contributed by atoms with van der Waals surface area (Å²) >= 11 is 0. The summed E-state index contributed by atoms with van der Waals surface area (Å²) in [6.07, 6.45) is -3.25. The molecule has 0 aromatic heterocycles. The average Bonchev–Trinajstić information content (AvgIpc) is 3.36. The molecule has 0 fully saturated rings. The van der Waals surface area contributed by atoms with E-state index in [0.717, 1.165) is 12.8 Å². The molecular weight excluding hydrogens is 917 g/mol. The summed E-state index contributed by atoms with van der Waals surface area (Å²) in [5.74, 6) is -1.77. The minimum Gasteiger partial charge on any atom is -0.491 e. The molecule has 19 nitrogen and oxygen atoms in total. The molecule has 384 valence electrons. The molecule has 0 radical (unpaired) electrons. The summed E-state index contributed by atoms with van der Waals surface area (Å²) in [6, 6.07) is 37.9. The third-order valence-corrected chi connectivity index (χ3v) is 9.63. The van der Waals surface area contributed by atoms with Gasteiger partial charge in [-0.2, -0.15) is 0 Å². The fraction of sp³-hybridized carbons (Fsp3) is 0.471. The average molecular weight is 983 g/mol. The Labute approximate surface area is 407 Å². The third kappa shape index (κ3) is 27.5. The van der Waals surface area contributed by atoms with E-state index in [-0.39, 0.29) is 79.3 Å². The van der Waals surface area contributed by atoms with Gasteiger partial charge in [0.1, 0.15) is 93.5 Å². The van der Waals surface area contributed by atoms with Crippen molar-refractivity contribution < 1.29 is 91.7 Å². The Balaban J connectivity index is 1.45. The van der Waals surface area contributed by atoms with Crippen molar-refractivity contribution >= 4 is 17.9 Å². The van der Waals surface area contributed by atoms with Crippen LogP contribution in [0.3, 0.4) is 0 Å². The maximum absolute atomic E-state index is 11.4. The molecule has 0 amide bonds. The van der Waals surface area contributed by atoms with Crippen LogP contribution in [-0.2, 0) is 63.4 Å². The van der Waals surface area contributed by atoms with Crippen LogP contribution in [0.5, 0.6) is 17.2 Å². The number of ether oxygens (including phenoxy) is 12. The number of aliphatic carboxylic acids is 3. The van der Waals surface area contributed by atoms with Gasteiger partial charge in [-0.1, -0.05) is 84.9 Å². The van der Waals surface area contributed by atoms with Gasteiger partial charge in [0, 0.05) is 6.61 Å². The van der Waals surface area contributed by atoms with Gasteiger partial charge in [-0.05, 0) is 54.8 Å². The molecule has 0 aliphatic rings. The van der Waals surface area contributed by atoms with E-state index in [4.69, 9.17) is 67.1 Å². The molecular formula is C51H66O19. The number of hydrogen-bond acceptors (Lipinski definition) is 16. The van der Waals surface area contributed by atoms with Crippen LogP contribution in [0.2, 0.25) is 0 Å². The zero-order chi connectivity index (χ0) is 49.9. The first-order valence-corrected chi connectivity index (χ1v) is 22.9. The fourth-order valence-electron chi connectivity index (χ4n) is 6.18. The van der Waals surface area contributed by atoms with Gasteiger partial charge in [-0.15, -0.1) is 0 Å². The molecule has 0 spiro atoms. The van der Waals surface area contributed by atoms with Gasteiger partial charge in [0.05, 0.1) is 59.5 Å². The van der Waals surface area contributed by atoms with Gasteiger partial charge >= 0.3 is 17.9 Å². The summed E-state index contributed by atoms with van der Waals surface area (Å²) in [6.45, 7) is -2.35. The number of hydrogen-bond donors (Lipinski definition) is 4. The Morgan fingerprint density at radius 3 is 1.07 bits per heavy atom. The topological polar surface area (TPSA) is 243 Å². The molecule has 0 bridgehead atoms. The number of aryl methyl sites for hydroxylation is 1. The second-order valence-electron chi connectivity index (χ2n) is 15.7. The molecule has 4 aromatic carbocycles. The maximum atomic E-state index is 11.4. The zero-order valence-corrected chi connectivity index (χ0v) is 39.2. The molecule has 19 heteroatoms. The van der Waals surface area contributed by atoms with Gasteiger partial charge in [0.2, 0.25) is 0 Å². The number of aliphatic hydroxyl groups excluding tert-OH is 1. The van der Waals surface area contributed by atoms with Crippen molar-refractivity contribution in [3.8, 4) is 17.2 Å². The molecule has 0 heterocycles. The molecule has 70 heavy (non-hydrogen) atoms. The Morgan fingerprint density at radius 1 is 0.371 bits per heavy atom. The predicted octanol–water partition coefficient (Wildman–Crippen LogP) is 4.46. The van der Waals surface area contributed by atoms with Crippen molar-refractivity contribution in [1.82, 2.24) is 0 Å². The Bertz CT molecular complexity index is 1950. The van der Waals surface area contributed by atoms with Gasteiger partial charge in [0.25, 0.3) is 0 Å². The lowest BCUT2D eigenvalue weighted by atomic mass is 10.1. The minimum atomic E-state index is -1.23. The van der Waals surface area contributed by atoms with Crippen molar-refractivity contribution in [3.05, 3.63) is 127 Å². The minimum absolute atomic E-state index is 0.0147. The lowest BCUT2D eigenvalue weighted by Crippen LogP contribution is -2.39. The van der Waals surface area contributed by atoms with Crippen LogP contribution in [0, 0.1) is 0 Å². The second kappa shape index (κ2) is 35.4. The molecule has 4 N–H and O–H groups in total. The summed E-state index contributed by atoms with van der Waals surface area (Å²) in [5.41, 5.74) is 1.23. The van der Waals surface area contributed by atoms with Crippen LogP contribution in [0.25, 0.3) is 0 Å². The maximum Gasteiger partial charge on any atom is 0.329 e. The van der Waals surface area contributed by atoms with Crippen LogP contribution < -0.4 is 14.2 Å². The normalized spacial score (nSPS) is 13.9. The molecule has 0 saturated heterocycles. The molecule has 4 rings (SSSR count). The Kier molecular flexibility index (Phi) is 28.8. The van der Waals surface area contributed by atoms with E-state index in [1.54, 1.807) is 12.1 Å². The van der Waals surface area contributed by atoms with Crippen molar-refractivity contribution in [3.63, 3.8) is 0 Å². The smallest absolute Gasteiger partial charge is 0.329 e. The molecule has 0 aliphatic heterocycles. The van der Waals surface area contributed by atoms with Gasteiger partial charge < -0.3 is 77.3 Å². The first-order chi connectivity index (χ1) is 34.1. The predicted molar refractivity (Wildman–Crippen MR) is 251 cm³/mol. The van der Waals surface area contributed by atoms with Crippen molar-refractivity contribution in [1.29, 1.82) is 0 Å². The van der Waals surface area contributed by atoms with Crippen LogP contribution in [-0.4, -0.2) is 181 Å². The van der Waals surface area contributed by atoms with E-state index in [0.29, 0.717) is 23.9 Å². The number of carboxylic acids is 3. The lowest BCUT2D eigenvalue weighted by Gasteiger charge is -2.27. The molecule has 6 atom stereocenters. The largest absolute Gasteiger partial charge is 0.491 e. The van der Waals surface area contributed by atoms with Gasteiger partial charge in [-0.3, -0.25) is 0 Å². The van der Waals surface area contributed by atoms with Gasteiger partial charge in [-0.25, -0.2) is 14.4 Å². The van der Waals surface area contributed by atoms with Crippen molar-refractivity contribution in [2.75, 3.05) is 106 Å². The summed E-state index contributed by atoms with van der Waals surface area (Å²) < 4.78 is 71.0. The number of rotatable bonds is 42. The molecule has 0 saturated carbocycles. The standard InChI is InChI=1S/C51H66O19/c52-40(24-60-36-49(53)54)25-63-45(27-61-37-50(55)56)30-67-46(28-62-38-51(57)58)31-69-48(33-66-43-21-11-4-12-22-43)35-70-47(32-65-42-19-9-3-10-20-42)34-68-44(29-64-41-17-7-2-8-18-41)26-59-23-13-16-39-14-5-1-6-15-39/h1-12,14-15,17-22,40,44-48,52H,13,16,23-38H2,(H,53,54)(H,55,56)(H,57,58). The van der Waals surface area contributed by atoms with E-state index in [1.807, 2.05) is 97.1 Å². The summed E-state index contributed by atoms with van der Waals surface area (Å²) in [4.78, 5) is 33.3. The van der Waals surface area contributed by atoms with Crippen LogP contribution in [0.15, 0.2) is 121 Å².